The van der Waals surface area contributed by atoms with Crippen molar-refractivity contribution >= 4 is 39.1 Å². The minimum absolute atomic E-state index is 0. The number of rotatable bonds is 3. The molecule has 0 saturated carbocycles. The van der Waals surface area contributed by atoms with E-state index in [0.717, 1.165) is 10.5 Å². The summed E-state index contributed by atoms with van der Waals surface area (Å²) in [4.78, 5) is 12.7. The molecular formula is C14H12BrClF2NOY-. The van der Waals surface area contributed by atoms with E-state index in [2.05, 4.69) is 22.0 Å². The standard InChI is InChI=1S/C14H12BrClF2NO.Y/c1-8-6-9(16)2-3-10(8)12-5-4-11(15)14(20)19(12)7-13(17)18;/h2-3,6,11,13H,4,7H2,1H3;/q-1;. The first-order chi connectivity index (χ1) is 9.40. The average Bonchev–Trinajstić information content (AvgIpc) is 2.36. The van der Waals surface area contributed by atoms with Gasteiger partial charge in [-0.25, -0.2) is 14.9 Å². The number of halogens is 4. The minimum atomic E-state index is -2.60. The van der Waals surface area contributed by atoms with Gasteiger partial charge in [-0.15, -0.1) is 22.9 Å². The molecule has 1 radical (unpaired) electrons. The van der Waals surface area contributed by atoms with Gasteiger partial charge in [0, 0.05) is 37.7 Å². The number of carbonyl (C=O) groups is 1. The largest absolute Gasteiger partial charge is 0.341 e. The predicted molar refractivity (Wildman–Crippen MR) is 77.9 cm³/mol. The Hall–Kier alpha value is 0.164. The number of nitrogens with zero attached hydrogens (tertiary/aromatic N) is 1. The zero-order valence-corrected chi connectivity index (χ0v) is 16.4. The monoisotopic (exact) mass is 451 g/mol. The maximum atomic E-state index is 12.7. The molecule has 2 nitrogen and oxygen atoms in total. The fraction of sp³-hybridized carbons (Fsp3) is 0.357. The molecular weight excluding hydrogens is 440 g/mol. The van der Waals surface area contributed by atoms with Crippen LogP contribution in [0.4, 0.5) is 8.78 Å². The molecule has 0 N–H and O–H groups in total. The first-order valence-corrected chi connectivity index (χ1v) is 7.30. The molecule has 1 atom stereocenters. The molecule has 0 saturated heterocycles. The van der Waals surface area contributed by atoms with E-state index in [1.807, 2.05) is 6.92 Å². The van der Waals surface area contributed by atoms with Gasteiger partial charge in [0.05, 0.1) is 11.4 Å². The van der Waals surface area contributed by atoms with Crippen LogP contribution in [0.5, 0.6) is 0 Å². The third kappa shape index (κ3) is 4.57. The van der Waals surface area contributed by atoms with Crippen molar-refractivity contribution in [2.24, 2.45) is 0 Å². The third-order valence-corrected chi connectivity index (χ3v) is 3.97. The fourth-order valence-corrected chi connectivity index (χ4v) is 2.74. The molecule has 21 heavy (non-hydrogen) atoms. The second-order valence-electron chi connectivity index (χ2n) is 4.50. The number of benzene rings is 1. The number of allylic oxidation sites excluding steroid dienone is 1. The Kier molecular flexibility index (Phi) is 7.45. The first kappa shape index (κ1) is 19.2. The van der Waals surface area contributed by atoms with Crippen LogP contribution in [0, 0.1) is 13.0 Å². The van der Waals surface area contributed by atoms with Crippen LogP contribution < -0.4 is 0 Å². The van der Waals surface area contributed by atoms with Crippen LogP contribution in [0.25, 0.3) is 5.70 Å². The van der Waals surface area contributed by atoms with Crippen LogP contribution >= 0.6 is 27.5 Å². The first-order valence-electron chi connectivity index (χ1n) is 6.01. The summed E-state index contributed by atoms with van der Waals surface area (Å²) in [6.07, 6.45) is 0.791. The van der Waals surface area contributed by atoms with Gasteiger partial charge in [0.1, 0.15) is 0 Å². The van der Waals surface area contributed by atoms with E-state index >= 15 is 0 Å². The Bertz CT molecular complexity index is 568. The fourth-order valence-electron chi connectivity index (χ4n) is 2.10. The second-order valence-corrected chi connectivity index (χ2v) is 6.04. The molecule has 1 aromatic carbocycles. The van der Waals surface area contributed by atoms with Crippen molar-refractivity contribution in [1.29, 1.82) is 0 Å². The molecule has 1 amide bonds. The molecule has 0 aromatic heterocycles. The van der Waals surface area contributed by atoms with Crippen molar-refractivity contribution in [2.75, 3.05) is 6.54 Å². The van der Waals surface area contributed by atoms with Crippen molar-refractivity contribution < 1.29 is 46.3 Å². The van der Waals surface area contributed by atoms with Crippen LogP contribution in [0.15, 0.2) is 18.2 Å². The van der Waals surface area contributed by atoms with Crippen molar-refractivity contribution in [1.82, 2.24) is 4.90 Å². The summed E-state index contributed by atoms with van der Waals surface area (Å²) >= 11 is 9.07. The number of hydrogen-bond acceptors (Lipinski definition) is 1. The third-order valence-electron chi connectivity index (χ3n) is 3.02. The summed E-state index contributed by atoms with van der Waals surface area (Å²) in [6.45, 7) is 1.19. The predicted octanol–water partition coefficient (Wildman–Crippen LogP) is 4.05. The molecule has 111 valence electrons. The SMILES string of the molecule is Cc1cc(Cl)ccc1C1=[C-]CC(Br)C(=O)N1CC(F)F.[Y]. The number of aryl methyl sites for hydroxylation is 1. The van der Waals surface area contributed by atoms with E-state index in [-0.39, 0.29) is 38.6 Å². The van der Waals surface area contributed by atoms with Crippen molar-refractivity contribution in [3.05, 3.63) is 40.4 Å². The van der Waals surface area contributed by atoms with Crippen molar-refractivity contribution in [2.45, 2.75) is 24.6 Å². The van der Waals surface area contributed by atoms with Crippen LogP contribution in [0.3, 0.4) is 0 Å². The van der Waals surface area contributed by atoms with Gasteiger partial charge in [-0.3, -0.25) is 4.79 Å². The summed E-state index contributed by atoms with van der Waals surface area (Å²) < 4.78 is 25.4. The normalized spacial score (nSPS) is 18.6. The Morgan fingerprint density at radius 2 is 2.19 bits per heavy atom. The molecule has 0 spiro atoms. The molecule has 1 aliphatic heterocycles. The molecule has 2 rings (SSSR count). The molecule has 7 heteroatoms. The topological polar surface area (TPSA) is 20.3 Å². The van der Waals surface area contributed by atoms with E-state index in [0.29, 0.717) is 22.7 Å². The van der Waals surface area contributed by atoms with Gasteiger partial charge in [-0.2, -0.15) is 0 Å². The maximum Gasteiger partial charge on any atom is 0.256 e. The van der Waals surface area contributed by atoms with Crippen molar-refractivity contribution in [3.8, 4) is 0 Å². The van der Waals surface area contributed by atoms with Gasteiger partial charge >= 0.3 is 0 Å². The Morgan fingerprint density at radius 3 is 2.76 bits per heavy atom. The number of amides is 1. The smallest absolute Gasteiger partial charge is 0.256 e. The Labute approximate surface area is 160 Å². The van der Waals surface area contributed by atoms with Gasteiger partial charge in [0.15, 0.2) is 0 Å². The molecule has 1 unspecified atom stereocenters. The van der Waals surface area contributed by atoms with Gasteiger partial charge in [-0.05, 0) is 0 Å². The van der Waals surface area contributed by atoms with Crippen LogP contribution in [0.1, 0.15) is 17.5 Å². The van der Waals surface area contributed by atoms with Crippen LogP contribution in [0.2, 0.25) is 5.02 Å². The summed E-state index contributed by atoms with van der Waals surface area (Å²) in [6, 6.07) is 5.13. The zero-order chi connectivity index (χ0) is 14.9. The van der Waals surface area contributed by atoms with E-state index in [1.165, 1.54) is 0 Å². The number of hydrogen-bond donors (Lipinski definition) is 0. The van der Waals surface area contributed by atoms with E-state index in [4.69, 9.17) is 11.6 Å². The summed E-state index contributed by atoms with van der Waals surface area (Å²) in [5.74, 6) is -0.367. The molecule has 0 aliphatic carbocycles. The van der Waals surface area contributed by atoms with Gasteiger partial charge in [0.25, 0.3) is 6.43 Å². The van der Waals surface area contributed by atoms with Gasteiger partial charge in [-0.1, -0.05) is 53.0 Å². The Morgan fingerprint density at radius 1 is 1.52 bits per heavy atom. The average molecular weight is 453 g/mol. The van der Waals surface area contributed by atoms with E-state index in [1.54, 1.807) is 18.2 Å². The summed E-state index contributed by atoms with van der Waals surface area (Å²) in [7, 11) is 0. The van der Waals surface area contributed by atoms with E-state index in [9.17, 15) is 13.6 Å². The molecule has 0 bridgehead atoms. The summed E-state index contributed by atoms with van der Waals surface area (Å²) in [5, 5.41) is 0.563. The number of carbonyl (C=O) groups excluding carboxylic acids is 1. The number of alkyl halides is 3. The van der Waals surface area contributed by atoms with Crippen LogP contribution in [-0.2, 0) is 37.5 Å². The maximum absolute atomic E-state index is 12.7. The minimum Gasteiger partial charge on any atom is -0.341 e. The van der Waals surface area contributed by atoms with Crippen LogP contribution in [-0.4, -0.2) is 28.6 Å². The molecule has 1 heterocycles. The van der Waals surface area contributed by atoms with Gasteiger partial charge in [0.2, 0.25) is 5.91 Å². The van der Waals surface area contributed by atoms with Gasteiger partial charge < -0.3 is 4.90 Å². The zero-order valence-electron chi connectivity index (χ0n) is 11.2. The molecule has 0 fully saturated rings. The molecule has 1 aromatic rings. The summed E-state index contributed by atoms with van der Waals surface area (Å²) in [5.41, 5.74) is 1.92. The molecule has 1 aliphatic rings. The Balaban J connectivity index is 0.00000220. The second kappa shape index (κ2) is 8.14. The van der Waals surface area contributed by atoms with Crippen molar-refractivity contribution in [3.63, 3.8) is 0 Å². The quantitative estimate of drug-likeness (QED) is 0.501. The van der Waals surface area contributed by atoms with E-state index < -0.39 is 17.8 Å².